The number of amides is 1. The van der Waals surface area contributed by atoms with E-state index in [9.17, 15) is 4.79 Å². The minimum atomic E-state index is -0.273. The van der Waals surface area contributed by atoms with Crippen LogP contribution in [-0.4, -0.2) is 22.8 Å². The minimum Gasteiger partial charge on any atom is -0.297 e. The van der Waals surface area contributed by atoms with Crippen LogP contribution in [0.25, 0.3) is 0 Å². The zero-order chi connectivity index (χ0) is 14.5. The molecule has 0 fully saturated rings. The van der Waals surface area contributed by atoms with Gasteiger partial charge in [0.15, 0.2) is 0 Å². The normalized spacial score (nSPS) is 10.8. The molecule has 0 aliphatic rings. The number of aryl methyl sites for hydroxylation is 1. The van der Waals surface area contributed by atoms with Gasteiger partial charge in [-0.05, 0) is 31.7 Å². The van der Waals surface area contributed by atoms with E-state index in [1.54, 1.807) is 23.5 Å². The number of thiazole rings is 1. The fourth-order valence-corrected chi connectivity index (χ4v) is 2.79. The van der Waals surface area contributed by atoms with Gasteiger partial charge in [-0.1, -0.05) is 12.1 Å². The Balaban J connectivity index is 1.96. The molecule has 106 valence electrons. The zero-order valence-electron chi connectivity index (χ0n) is 11.6. The number of aromatic nitrogens is 1. The van der Waals surface area contributed by atoms with Gasteiger partial charge in [0.25, 0.3) is 5.91 Å². The summed E-state index contributed by atoms with van der Waals surface area (Å²) < 4.78 is 0. The van der Waals surface area contributed by atoms with Crippen molar-refractivity contribution in [2.24, 2.45) is 5.84 Å². The van der Waals surface area contributed by atoms with E-state index in [0.717, 1.165) is 24.3 Å². The van der Waals surface area contributed by atoms with Crippen molar-refractivity contribution in [2.45, 2.75) is 20.0 Å². The Morgan fingerprint density at radius 2 is 2.05 bits per heavy atom. The van der Waals surface area contributed by atoms with E-state index < -0.39 is 0 Å². The second-order valence-corrected chi connectivity index (χ2v) is 5.64. The maximum atomic E-state index is 11.3. The molecular weight excluding hydrogens is 272 g/mol. The molecule has 1 heterocycles. The summed E-state index contributed by atoms with van der Waals surface area (Å²) in [5.41, 5.74) is 6.81. The zero-order valence-corrected chi connectivity index (χ0v) is 12.4. The summed E-state index contributed by atoms with van der Waals surface area (Å²) in [5, 5.41) is 0. The maximum Gasteiger partial charge on any atom is 0.265 e. The summed E-state index contributed by atoms with van der Waals surface area (Å²) in [5.74, 6) is 4.83. The number of carbonyl (C=O) groups is 1. The van der Waals surface area contributed by atoms with Crippen LogP contribution >= 0.6 is 11.3 Å². The number of nitrogen functional groups attached to an aromatic ring is 1. The van der Waals surface area contributed by atoms with Gasteiger partial charge < -0.3 is 0 Å². The molecule has 1 aromatic carbocycles. The van der Waals surface area contributed by atoms with Crippen molar-refractivity contribution in [3.05, 3.63) is 51.5 Å². The third kappa shape index (κ3) is 3.63. The summed E-state index contributed by atoms with van der Waals surface area (Å²) in [7, 11) is 2.07. The second-order valence-electron chi connectivity index (χ2n) is 4.70. The molecule has 0 spiro atoms. The Labute approximate surface area is 122 Å². The number of hydrogen-bond acceptors (Lipinski definition) is 5. The third-order valence-corrected chi connectivity index (χ3v) is 3.98. The number of nitrogens with zero attached hydrogens (tertiary/aromatic N) is 2. The quantitative estimate of drug-likeness (QED) is 0.499. The van der Waals surface area contributed by atoms with Crippen LogP contribution in [0.1, 0.15) is 26.5 Å². The van der Waals surface area contributed by atoms with Crippen LogP contribution in [-0.2, 0) is 13.1 Å². The number of hydrogen-bond donors (Lipinski definition) is 2. The van der Waals surface area contributed by atoms with Crippen molar-refractivity contribution < 1.29 is 4.79 Å². The largest absolute Gasteiger partial charge is 0.297 e. The average Bonchev–Trinajstić information content (AvgIpc) is 2.84. The summed E-state index contributed by atoms with van der Waals surface area (Å²) in [4.78, 5) is 19.1. The summed E-state index contributed by atoms with van der Waals surface area (Å²) in [6.07, 6.45) is 0. The molecule has 0 saturated heterocycles. The fourth-order valence-electron chi connectivity index (χ4n) is 1.94. The van der Waals surface area contributed by atoms with E-state index in [1.165, 1.54) is 4.88 Å². The lowest BCUT2D eigenvalue weighted by Crippen LogP contribution is -2.29. The standard InChI is InChI=1S/C14H18N4OS/c1-10-13(20-9-16-10)8-18(2)7-11-3-5-12(6-4-11)14(19)17-15/h3-6,9H,7-8,15H2,1-2H3,(H,17,19). The summed E-state index contributed by atoms with van der Waals surface area (Å²) in [6.45, 7) is 3.73. The number of carbonyl (C=O) groups excluding carboxylic acids is 1. The lowest BCUT2D eigenvalue weighted by molar-refractivity contribution is 0.0953. The Bertz CT molecular complexity index is 579. The first-order valence-corrected chi connectivity index (χ1v) is 7.15. The lowest BCUT2D eigenvalue weighted by Gasteiger charge is -2.16. The van der Waals surface area contributed by atoms with Crippen LogP contribution in [0.2, 0.25) is 0 Å². The predicted octanol–water partition coefficient (Wildman–Crippen LogP) is 1.69. The molecule has 1 amide bonds. The van der Waals surface area contributed by atoms with E-state index in [2.05, 4.69) is 22.4 Å². The number of benzene rings is 1. The van der Waals surface area contributed by atoms with Gasteiger partial charge in [0.1, 0.15) is 0 Å². The Morgan fingerprint density at radius 3 is 2.60 bits per heavy atom. The highest BCUT2D eigenvalue weighted by molar-refractivity contribution is 7.09. The van der Waals surface area contributed by atoms with Gasteiger partial charge >= 0.3 is 0 Å². The molecule has 3 N–H and O–H groups in total. The number of nitrogens with one attached hydrogen (secondary N) is 1. The van der Waals surface area contributed by atoms with Crippen LogP contribution in [0, 0.1) is 6.92 Å². The number of hydrazine groups is 1. The van der Waals surface area contributed by atoms with E-state index in [4.69, 9.17) is 5.84 Å². The molecule has 2 aromatic rings. The van der Waals surface area contributed by atoms with Crippen LogP contribution in [0.3, 0.4) is 0 Å². The van der Waals surface area contributed by atoms with Crippen molar-refractivity contribution in [3.63, 3.8) is 0 Å². The van der Waals surface area contributed by atoms with Gasteiger partial charge in [-0.2, -0.15) is 0 Å². The molecule has 6 heteroatoms. The van der Waals surface area contributed by atoms with Crippen LogP contribution in [0.5, 0.6) is 0 Å². The number of rotatable bonds is 5. The first-order chi connectivity index (χ1) is 9.60. The highest BCUT2D eigenvalue weighted by atomic mass is 32.1. The van der Waals surface area contributed by atoms with Crippen molar-refractivity contribution in [2.75, 3.05) is 7.05 Å². The molecule has 0 bridgehead atoms. The van der Waals surface area contributed by atoms with Crippen LogP contribution in [0.15, 0.2) is 29.8 Å². The molecule has 0 atom stereocenters. The molecular formula is C14H18N4OS. The molecule has 0 saturated carbocycles. The number of nitrogens with two attached hydrogens (primary N) is 1. The predicted molar refractivity (Wildman–Crippen MR) is 80.1 cm³/mol. The van der Waals surface area contributed by atoms with Gasteiger partial charge in [-0.3, -0.25) is 15.1 Å². The smallest absolute Gasteiger partial charge is 0.265 e. The maximum absolute atomic E-state index is 11.3. The Morgan fingerprint density at radius 1 is 1.35 bits per heavy atom. The minimum absolute atomic E-state index is 0.273. The van der Waals surface area contributed by atoms with Gasteiger partial charge in [-0.25, -0.2) is 10.8 Å². The van der Waals surface area contributed by atoms with Crippen molar-refractivity contribution in [1.29, 1.82) is 0 Å². The first-order valence-electron chi connectivity index (χ1n) is 6.27. The highest BCUT2D eigenvalue weighted by Gasteiger charge is 2.07. The van der Waals surface area contributed by atoms with Crippen LogP contribution in [0.4, 0.5) is 0 Å². The SMILES string of the molecule is Cc1ncsc1CN(C)Cc1ccc(C(=O)NN)cc1. The van der Waals surface area contributed by atoms with Gasteiger partial charge in [0.2, 0.25) is 0 Å². The van der Waals surface area contributed by atoms with E-state index >= 15 is 0 Å². The Kier molecular flexibility index (Phi) is 4.84. The average molecular weight is 290 g/mol. The summed E-state index contributed by atoms with van der Waals surface area (Å²) in [6, 6.07) is 7.45. The van der Waals surface area contributed by atoms with Gasteiger partial charge in [-0.15, -0.1) is 11.3 Å². The van der Waals surface area contributed by atoms with Crippen molar-refractivity contribution in [3.8, 4) is 0 Å². The van der Waals surface area contributed by atoms with Crippen LogP contribution < -0.4 is 11.3 Å². The van der Waals surface area contributed by atoms with Crippen molar-refractivity contribution in [1.82, 2.24) is 15.3 Å². The van der Waals surface area contributed by atoms with Crippen molar-refractivity contribution >= 4 is 17.2 Å². The highest BCUT2D eigenvalue weighted by Crippen LogP contribution is 2.15. The molecule has 0 unspecified atom stereocenters. The molecule has 20 heavy (non-hydrogen) atoms. The first kappa shape index (κ1) is 14.6. The molecule has 2 rings (SSSR count). The van der Waals surface area contributed by atoms with Gasteiger partial charge in [0.05, 0.1) is 11.2 Å². The summed E-state index contributed by atoms with van der Waals surface area (Å²) >= 11 is 1.68. The van der Waals surface area contributed by atoms with E-state index in [1.807, 2.05) is 24.6 Å². The van der Waals surface area contributed by atoms with E-state index in [0.29, 0.717) is 5.56 Å². The van der Waals surface area contributed by atoms with E-state index in [-0.39, 0.29) is 5.91 Å². The Hall–Kier alpha value is -1.76. The fraction of sp³-hybridized carbons (Fsp3) is 0.286. The van der Waals surface area contributed by atoms with Gasteiger partial charge in [0, 0.05) is 23.5 Å². The molecule has 0 aliphatic carbocycles. The third-order valence-electron chi connectivity index (χ3n) is 3.06. The monoisotopic (exact) mass is 290 g/mol. The molecule has 5 nitrogen and oxygen atoms in total. The topological polar surface area (TPSA) is 71.2 Å². The molecule has 0 aliphatic heterocycles. The second kappa shape index (κ2) is 6.60. The molecule has 1 aromatic heterocycles. The molecule has 0 radical (unpaired) electrons. The lowest BCUT2D eigenvalue weighted by atomic mass is 10.1.